The summed E-state index contributed by atoms with van der Waals surface area (Å²) in [6.45, 7) is 0. The van der Waals surface area contributed by atoms with Crippen molar-refractivity contribution in [2.24, 2.45) is 0 Å². The Bertz CT molecular complexity index is 540. The quantitative estimate of drug-likeness (QED) is 0.759. The van der Waals surface area contributed by atoms with Gasteiger partial charge in [0.05, 0.1) is 24.6 Å². The maximum absolute atomic E-state index is 6.42. The first-order valence-corrected chi connectivity index (χ1v) is 6.95. The summed E-state index contributed by atoms with van der Waals surface area (Å²) in [5.74, 6) is 1.47. The third-order valence-electron chi connectivity index (χ3n) is 2.55. The van der Waals surface area contributed by atoms with Gasteiger partial charge in [-0.2, -0.15) is 0 Å². The summed E-state index contributed by atoms with van der Waals surface area (Å²) in [7, 11) is 3.22. The minimum absolute atomic E-state index is 0.234. The molecule has 0 fully saturated rings. The first-order valence-electron chi connectivity index (χ1n) is 5.25. The second-order valence-corrected chi connectivity index (χ2v) is 5.43. The number of thiophene rings is 1. The molecule has 0 spiro atoms. The summed E-state index contributed by atoms with van der Waals surface area (Å²) in [6.07, 6.45) is 0. The number of hydrogen-bond donors (Lipinski definition) is 0. The molecule has 18 heavy (non-hydrogen) atoms. The van der Waals surface area contributed by atoms with Gasteiger partial charge >= 0.3 is 0 Å². The smallest absolute Gasteiger partial charge is 0.137 e. The maximum Gasteiger partial charge on any atom is 0.137 e. The summed E-state index contributed by atoms with van der Waals surface area (Å²) in [4.78, 5) is 1.02. The zero-order chi connectivity index (χ0) is 13.1. The van der Waals surface area contributed by atoms with Gasteiger partial charge in [0.2, 0.25) is 0 Å². The summed E-state index contributed by atoms with van der Waals surface area (Å²) in [5.41, 5.74) is 0.937. The number of methoxy groups -OCH3 is 2. The zero-order valence-electron chi connectivity index (χ0n) is 9.94. The van der Waals surface area contributed by atoms with Crippen LogP contribution in [0, 0.1) is 0 Å². The third-order valence-corrected chi connectivity index (χ3v) is 4.44. The molecule has 2 rings (SSSR count). The molecule has 0 saturated heterocycles. The van der Waals surface area contributed by atoms with E-state index < -0.39 is 0 Å². The molecular weight excluding hydrogens is 291 g/mol. The number of benzene rings is 1. The van der Waals surface area contributed by atoms with E-state index in [9.17, 15) is 0 Å². The molecule has 0 aliphatic carbocycles. The fourth-order valence-corrected chi connectivity index (χ4v) is 3.05. The van der Waals surface area contributed by atoms with Crippen molar-refractivity contribution in [2.45, 2.75) is 5.38 Å². The fourth-order valence-electron chi connectivity index (χ4n) is 1.58. The molecule has 1 unspecified atom stereocenters. The SMILES string of the molecule is COc1csc(C(Cl)c2ccc(OC)c(Cl)c2)c1. The maximum atomic E-state index is 6.42. The van der Waals surface area contributed by atoms with E-state index in [0.717, 1.165) is 16.2 Å². The lowest BCUT2D eigenvalue weighted by Gasteiger charge is -2.10. The monoisotopic (exact) mass is 302 g/mol. The van der Waals surface area contributed by atoms with Gasteiger partial charge in [-0.25, -0.2) is 0 Å². The van der Waals surface area contributed by atoms with Crippen LogP contribution in [-0.2, 0) is 0 Å². The molecule has 0 bridgehead atoms. The molecule has 0 saturated carbocycles. The highest BCUT2D eigenvalue weighted by atomic mass is 35.5. The number of alkyl halides is 1. The van der Waals surface area contributed by atoms with Gasteiger partial charge in [0.25, 0.3) is 0 Å². The van der Waals surface area contributed by atoms with Crippen LogP contribution >= 0.6 is 34.5 Å². The van der Waals surface area contributed by atoms with Crippen molar-refractivity contribution in [2.75, 3.05) is 14.2 Å². The Morgan fingerprint density at radius 3 is 2.50 bits per heavy atom. The van der Waals surface area contributed by atoms with E-state index in [1.165, 1.54) is 0 Å². The normalized spacial score (nSPS) is 12.2. The molecule has 96 valence electrons. The highest BCUT2D eigenvalue weighted by Gasteiger charge is 2.15. The summed E-state index contributed by atoms with van der Waals surface area (Å²) >= 11 is 14.1. The average molecular weight is 303 g/mol. The Labute approximate surface area is 120 Å². The van der Waals surface area contributed by atoms with Gasteiger partial charge in [-0.3, -0.25) is 0 Å². The van der Waals surface area contributed by atoms with Crippen LogP contribution in [0.1, 0.15) is 15.8 Å². The summed E-state index contributed by atoms with van der Waals surface area (Å²) < 4.78 is 10.3. The minimum atomic E-state index is -0.234. The van der Waals surface area contributed by atoms with Crippen molar-refractivity contribution in [1.82, 2.24) is 0 Å². The average Bonchev–Trinajstić information content (AvgIpc) is 2.86. The van der Waals surface area contributed by atoms with Gasteiger partial charge in [-0.15, -0.1) is 22.9 Å². The van der Waals surface area contributed by atoms with Crippen molar-refractivity contribution < 1.29 is 9.47 Å². The van der Waals surface area contributed by atoms with Crippen molar-refractivity contribution in [3.05, 3.63) is 45.1 Å². The van der Waals surface area contributed by atoms with Gasteiger partial charge in [-0.05, 0) is 23.8 Å². The Morgan fingerprint density at radius 1 is 1.17 bits per heavy atom. The van der Waals surface area contributed by atoms with Crippen molar-refractivity contribution >= 4 is 34.5 Å². The summed E-state index contributed by atoms with van der Waals surface area (Å²) in [5, 5.41) is 2.25. The molecule has 0 amide bonds. The first-order chi connectivity index (χ1) is 8.65. The first kappa shape index (κ1) is 13.5. The topological polar surface area (TPSA) is 18.5 Å². The van der Waals surface area contributed by atoms with Crippen LogP contribution in [0.2, 0.25) is 5.02 Å². The van der Waals surface area contributed by atoms with E-state index in [4.69, 9.17) is 32.7 Å². The van der Waals surface area contributed by atoms with E-state index in [2.05, 4.69) is 0 Å². The van der Waals surface area contributed by atoms with Crippen LogP contribution in [0.25, 0.3) is 0 Å². The second kappa shape index (κ2) is 5.83. The molecule has 2 aromatic rings. The fraction of sp³-hybridized carbons (Fsp3) is 0.231. The van der Waals surface area contributed by atoms with Crippen LogP contribution in [-0.4, -0.2) is 14.2 Å². The van der Waals surface area contributed by atoms with Gasteiger partial charge < -0.3 is 9.47 Å². The Balaban J connectivity index is 2.27. The van der Waals surface area contributed by atoms with Gasteiger partial charge in [-0.1, -0.05) is 17.7 Å². The molecule has 0 aliphatic heterocycles. The lowest BCUT2D eigenvalue weighted by molar-refractivity contribution is 0.415. The number of ether oxygens (including phenoxy) is 2. The number of rotatable bonds is 4. The molecular formula is C13H12Cl2O2S. The van der Waals surface area contributed by atoms with E-state index in [1.807, 2.05) is 29.6 Å². The molecule has 1 atom stereocenters. The molecule has 5 heteroatoms. The van der Waals surface area contributed by atoms with Crippen LogP contribution in [0.3, 0.4) is 0 Å². The number of halogens is 2. The van der Waals surface area contributed by atoms with E-state index in [1.54, 1.807) is 25.6 Å². The molecule has 0 N–H and O–H groups in total. The van der Waals surface area contributed by atoms with Gasteiger partial charge in [0.15, 0.2) is 0 Å². The standard InChI is InChI=1S/C13H12Cl2O2S/c1-16-9-6-12(18-7-9)13(15)8-3-4-11(17-2)10(14)5-8/h3-7,13H,1-2H3. The van der Waals surface area contributed by atoms with Crippen molar-refractivity contribution in [3.8, 4) is 11.5 Å². The minimum Gasteiger partial charge on any atom is -0.496 e. The molecule has 2 nitrogen and oxygen atoms in total. The highest BCUT2D eigenvalue weighted by molar-refractivity contribution is 7.10. The number of hydrogen-bond acceptors (Lipinski definition) is 3. The Morgan fingerprint density at radius 2 is 1.94 bits per heavy atom. The molecule has 1 heterocycles. The largest absolute Gasteiger partial charge is 0.496 e. The second-order valence-electron chi connectivity index (χ2n) is 3.65. The van der Waals surface area contributed by atoms with Crippen LogP contribution in [0.15, 0.2) is 29.6 Å². The molecule has 1 aromatic heterocycles. The lowest BCUT2D eigenvalue weighted by atomic mass is 10.1. The Kier molecular flexibility index (Phi) is 4.38. The van der Waals surface area contributed by atoms with Crippen molar-refractivity contribution in [3.63, 3.8) is 0 Å². The molecule has 0 aliphatic rings. The zero-order valence-corrected chi connectivity index (χ0v) is 12.3. The highest BCUT2D eigenvalue weighted by Crippen LogP contribution is 2.37. The Hall–Kier alpha value is -0.900. The van der Waals surface area contributed by atoms with Crippen molar-refractivity contribution in [1.29, 1.82) is 0 Å². The van der Waals surface area contributed by atoms with E-state index in [0.29, 0.717) is 10.8 Å². The van der Waals surface area contributed by atoms with Gasteiger partial charge in [0.1, 0.15) is 11.5 Å². The van der Waals surface area contributed by atoms with Crippen LogP contribution < -0.4 is 9.47 Å². The van der Waals surface area contributed by atoms with E-state index >= 15 is 0 Å². The third kappa shape index (κ3) is 2.74. The van der Waals surface area contributed by atoms with Crippen LogP contribution in [0.4, 0.5) is 0 Å². The van der Waals surface area contributed by atoms with Gasteiger partial charge in [0, 0.05) is 10.3 Å². The van der Waals surface area contributed by atoms with Crippen LogP contribution in [0.5, 0.6) is 11.5 Å². The van der Waals surface area contributed by atoms with E-state index in [-0.39, 0.29) is 5.38 Å². The molecule has 1 aromatic carbocycles. The lowest BCUT2D eigenvalue weighted by Crippen LogP contribution is -1.92. The molecule has 0 radical (unpaired) electrons. The predicted octanol–water partition coefficient (Wildman–Crippen LogP) is 4.75. The predicted molar refractivity (Wildman–Crippen MR) is 76.6 cm³/mol. The summed E-state index contributed by atoms with van der Waals surface area (Å²) in [6, 6.07) is 7.48.